The van der Waals surface area contributed by atoms with Gasteiger partial charge in [-0.05, 0) is 44.4 Å². The molecular weight excluding hydrogens is 294 g/mol. The van der Waals surface area contributed by atoms with Crippen LogP contribution < -0.4 is 5.73 Å². The first-order valence-corrected chi connectivity index (χ1v) is 8.26. The van der Waals surface area contributed by atoms with Crippen molar-refractivity contribution in [3.05, 3.63) is 34.4 Å². The van der Waals surface area contributed by atoms with Crippen LogP contribution in [0, 0.1) is 16.0 Å². The van der Waals surface area contributed by atoms with Gasteiger partial charge in [-0.3, -0.25) is 10.1 Å². The van der Waals surface area contributed by atoms with Crippen LogP contribution in [0.1, 0.15) is 19.8 Å². The van der Waals surface area contributed by atoms with Gasteiger partial charge in [0, 0.05) is 24.7 Å². The highest BCUT2D eigenvalue weighted by molar-refractivity contribution is 7.89. The highest BCUT2D eigenvalue weighted by Gasteiger charge is 2.34. The Hall–Kier alpha value is -1.51. The van der Waals surface area contributed by atoms with E-state index in [9.17, 15) is 18.5 Å². The third-order valence-electron chi connectivity index (χ3n) is 3.91. The highest BCUT2D eigenvalue weighted by atomic mass is 32.2. The SMILES string of the molecule is CC1CCC(CN)CN1S(=O)(=O)c1ccc([N+](=O)[O-])cc1. The lowest BCUT2D eigenvalue weighted by Gasteiger charge is -2.36. The number of sulfonamides is 1. The van der Waals surface area contributed by atoms with E-state index in [2.05, 4.69) is 0 Å². The van der Waals surface area contributed by atoms with Crippen molar-refractivity contribution < 1.29 is 13.3 Å². The van der Waals surface area contributed by atoms with Crippen molar-refractivity contribution in [1.82, 2.24) is 4.31 Å². The molecule has 116 valence electrons. The van der Waals surface area contributed by atoms with Crippen molar-refractivity contribution in [1.29, 1.82) is 0 Å². The summed E-state index contributed by atoms with van der Waals surface area (Å²) >= 11 is 0. The van der Waals surface area contributed by atoms with Gasteiger partial charge in [0.2, 0.25) is 10.0 Å². The maximum Gasteiger partial charge on any atom is 0.269 e. The molecule has 2 rings (SSSR count). The molecule has 1 saturated heterocycles. The number of hydrogen-bond acceptors (Lipinski definition) is 5. The molecule has 1 aromatic carbocycles. The number of non-ortho nitro benzene ring substituents is 1. The van der Waals surface area contributed by atoms with Gasteiger partial charge in [0.15, 0.2) is 0 Å². The van der Waals surface area contributed by atoms with Crippen molar-refractivity contribution in [2.45, 2.75) is 30.7 Å². The lowest BCUT2D eigenvalue weighted by atomic mass is 9.96. The molecule has 0 spiro atoms. The molecule has 0 saturated carbocycles. The Morgan fingerprint density at radius 3 is 2.48 bits per heavy atom. The summed E-state index contributed by atoms with van der Waals surface area (Å²) in [5, 5.41) is 10.6. The fourth-order valence-electron chi connectivity index (χ4n) is 2.55. The Morgan fingerprint density at radius 2 is 1.95 bits per heavy atom. The van der Waals surface area contributed by atoms with Gasteiger partial charge < -0.3 is 5.73 Å². The summed E-state index contributed by atoms with van der Waals surface area (Å²) in [5.41, 5.74) is 5.53. The predicted molar refractivity (Wildman–Crippen MR) is 78.2 cm³/mol. The molecule has 0 bridgehead atoms. The number of hydrogen-bond donors (Lipinski definition) is 1. The average molecular weight is 313 g/mol. The van der Waals surface area contributed by atoms with E-state index in [0.717, 1.165) is 12.8 Å². The van der Waals surface area contributed by atoms with Crippen LogP contribution in [0.2, 0.25) is 0 Å². The van der Waals surface area contributed by atoms with Gasteiger partial charge in [0.05, 0.1) is 9.82 Å². The Kier molecular flexibility index (Phi) is 4.60. The van der Waals surface area contributed by atoms with Crippen LogP contribution in [0.4, 0.5) is 5.69 Å². The average Bonchev–Trinajstić information content (AvgIpc) is 2.47. The van der Waals surface area contributed by atoms with E-state index >= 15 is 0 Å². The Balaban J connectivity index is 2.29. The number of benzene rings is 1. The molecule has 0 amide bonds. The molecule has 2 N–H and O–H groups in total. The van der Waals surface area contributed by atoms with Crippen LogP contribution in [0.25, 0.3) is 0 Å². The van der Waals surface area contributed by atoms with Gasteiger partial charge >= 0.3 is 0 Å². The van der Waals surface area contributed by atoms with E-state index in [4.69, 9.17) is 5.73 Å². The van der Waals surface area contributed by atoms with Gasteiger partial charge in [-0.15, -0.1) is 0 Å². The van der Waals surface area contributed by atoms with E-state index in [1.807, 2.05) is 6.92 Å². The molecule has 0 aromatic heterocycles. The summed E-state index contributed by atoms with van der Waals surface area (Å²) in [6.45, 7) is 2.73. The lowest BCUT2D eigenvalue weighted by Crippen LogP contribution is -2.46. The number of nitrogens with zero attached hydrogens (tertiary/aromatic N) is 2. The summed E-state index contributed by atoms with van der Waals surface area (Å²) in [6, 6.07) is 4.90. The Labute approximate surface area is 123 Å². The smallest absolute Gasteiger partial charge is 0.269 e. The van der Waals surface area contributed by atoms with E-state index in [1.165, 1.54) is 28.6 Å². The molecule has 7 nitrogen and oxygen atoms in total. The van der Waals surface area contributed by atoms with E-state index in [1.54, 1.807) is 0 Å². The van der Waals surface area contributed by atoms with Crippen LogP contribution in [-0.2, 0) is 10.0 Å². The molecule has 2 unspecified atom stereocenters. The third kappa shape index (κ3) is 3.22. The maximum absolute atomic E-state index is 12.7. The molecule has 21 heavy (non-hydrogen) atoms. The third-order valence-corrected chi connectivity index (χ3v) is 5.90. The number of nitro groups is 1. The Morgan fingerprint density at radius 1 is 1.33 bits per heavy atom. The number of rotatable bonds is 4. The minimum absolute atomic E-state index is 0.0811. The zero-order chi connectivity index (χ0) is 15.6. The van der Waals surface area contributed by atoms with Crippen molar-refractivity contribution in [2.24, 2.45) is 11.7 Å². The van der Waals surface area contributed by atoms with Crippen molar-refractivity contribution in [2.75, 3.05) is 13.1 Å². The molecule has 2 atom stereocenters. The summed E-state index contributed by atoms with van der Waals surface area (Å²) in [4.78, 5) is 10.2. The number of nitro benzene ring substituents is 1. The molecule has 1 fully saturated rings. The quantitative estimate of drug-likeness (QED) is 0.667. The topological polar surface area (TPSA) is 107 Å². The molecule has 1 heterocycles. The van der Waals surface area contributed by atoms with Crippen LogP contribution in [0.3, 0.4) is 0 Å². The summed E-state index contributed by atoms with van der Waals surface area (Å²) in [7, 11) is -3.64. The fourth-order valence-corrected chi connectivity index (χ4v) is 4.29. The first kappa shape index (κ1) is 15.9. The van der Waals surface area contributed by atoms with Crippen LogP contribution >= 0.6 is 0 Å². The summed E-state index contributed by atoms with van der Waals surface area (Å²) < 4.78 is 26.8. The largest absolute Gasteiger partial charge is 0.330 e. The van der Waals surface area contributed by atoms with Gasteiger partial charge in [0.25, 0.3) is 5.69 Å². The first-order chi connectivity index (χ1) is 9.86. The second-order valence-electron chi connectivity index (χ2n) is 5.35. The standard InChI is InChI=1S/C13H19N3O4S/c1-10-2-3-11(8-14)9-15(10)21(19,20)13-6-4-12(5-7-13)16(17)18/h4-7,10-11H,2-3,8-9,14H2,1H3. The monoisotopic (exact) mass is 313 g/mol. The summed E-state index contributed by atoms with van der Waals surface area (Å²) in [5.74, 6) is 0.161. The van der Waals surface area contributed by atoms with Crippen LogP contribution in [0.15, 0.2) is 29.2 Å². The minimum atomic E-state index is -3.64. The van der Waals surface area contributed by atoms with E-state index < -0.39 is 14.9 Å². The molecule has 0 radical (unpaired) electrons. The number of piperidine rings is 1. The lowest BCUT2D eigenvalue weighted by molar-refractivity contribution is -0.384. The van der Waals surface area contributed by atoms with Crippen molar-refractivity contribution in [3.8, 4) is 0 Å². The minimum Gasteiger partial charge on any atom is -0.330 e. The van der Waals surface area contributed by atoms with E-state index in [0.29, 0.717) is 13.1 Å². The molecule has 8 heteroatoms. The van der Waals surface area contributed by atoms with Crippen molar-refractivity contribution in [3.63, 3.8) is 0 Å². The maximum atomic E-state index is 12.7. The van der Waals surface area contributed by atoms with Crippen LogP contribution in [0.5, 0.6) is 0 Å². The summed E-state index contributed by atoms with van der Waals surface area (Å²) in [6.07, 6.45) is 1.69. The second-order valence-corrected chi connectivity index (χ2v) is 7.24. The molecule has 0 aliphatic carbocycles. The highest BCUT2D eigenvalue weighted by Crippen LogP contribution is 2.28. The molecule has 1 aromatic rings. The van der Waals surface area contributed by atoms with Gasteiger partial charge in [0.1, 0.15) is 0 Å². The van der Waals surface area contributed by atoms with Gasteiger partial charge in [-0.2, -0.15) is 4.31 Å². The van der Waals surface area contributed by atoms with Gasteiger partial charge in [-0.25, -0.2) is 8.42 Å². The second kappa shape index (κ2) is 6.08. The molecular formula is C13H19N3O4S. The predicted octanol–water partition coefficient (Wildman–Crippen LogP) is 1.34. The van der Waals surface area contributed by atoms with Crippen molar-refractivity contribution >= 4 is 15.7 Å². The molecule has 1 aliphatic heterocycles. The van der Waals surface area contributed by atoms with Gasteiger partial charge in [-0.1, -0.05) is 0 Å². The van der Waals surface area contributed by atoms with E-state index in [-0.39, 0.29) is 22.5 Å². The fraction of sp³-hybridized carbons (Fsp3) is 0.538. The first-order valence-electron chi connectivity index (χ1n) is 6.82. The zero-order valence-electron chi connectivity index (χ0n) is 11.8. The Bertz CT molecular complexity index is 615. The normalized spacial score (nSPS) is 23.9. The molecule has 1 aliphatic rings. The van der Waals surface area contributed by atoms with Crippen LogP contribution in [-0.4, -0.2) is 36.8 Å². The number of nitrogens with two attached hydrogens (primary N) is 1. The zero-order valence-corrected chi connectivity index (χ0v) is 12.6.